The van der Waals surface area contributed by atoms with E-state index in [1.807, 2.05) is 0 Å². The summed E-state index contributed by atoms with van der Waals surface area (Å²) in [5, 5.41) is 0. The van der Waals surface area contributed by atoms with Gasteiger partial charge in [0.2, 0.25) is 0 Å². The summed E-state index contributed by atoms with van der Waals surface area (Å²) < 4.78 is 23.1. The van der Waals surface area contributed by atoms with Gasteiger partial charge in [-0.1, -0.05) is 0 Å². The highest BCUT2D eigenvalue weighted by atomic mass is 19.3. The molecule has 3 heteroatoms. The summed E-state index contributed by atoms with van der Waals surface area (Å²) in [6, 6.07) is 4.01. The fourth-order valence-electron chi connectivity index (χ4n) is 0.542. The van der Waals surface area contributed by atoms with Crippen LogP contribution in [0, 0.1) is 6.07 Å². The monoisotopic (exact) mass is 140 g/mol. The first kappa shape index (κ1) is 6.86. The third-order valence-corrected chi connectivity index (χ3v) is 0.898. The molecule has 1 radical (unpaired) electrons. The van der Waals surface area contributed by atoms with Gasteiger partial charge in [-0.2, -0.15) is 8.78 Å². The molecule has 0 atom stereocenters. The summed E-state index contributed by atoms with van der Waals surface area (Å²) in [5.41, 5.74) is 0.363. The van der Waals surface area contributed by atoms with Crippen molar-refractivity contribution in [3.05, 3.63) is 36.2 Å². The standard InChI is InChI=1S/C7H4F2N/c8-7(9)4-6-2-1-3-10-5-6/h2-5H. The number of rotatable bonds is 1. The Bertz CT molecular complexity index is 227. The highest BCUT2D eigenvalue weighted by molar-refractivity contribution is 5.47. The van der Waals surface area contributed by atoms with Gasteiger partial charge in [-0.3, -0.25) is 4.98 Å². The van der Waals surface area contributed by atoms with Crippen LogP contribution >= 0.6 is 0 Å². The number of halogens is 2. The molecular weight excluding hydrogens is 136 g/mol. The molecule has 0 aliphatic heterocycles. The normalized spacial score (nSPS) is 9.00. The molecule has 0 aromatic carbocycles. The van der Waals surface area contributed by atoms with Crippen LogP contribution in [0.1, 0.15) is 5.56 Å². The van der Waals surface area contributed by atoms with Crippen molar-refractivity contribution in [2.75, 3.05) is 0 Å². The largest absolute Gasteiger partial charge is 0.270 e. The van der Waals surface area contributed by atoms with Crippen LogP contribution in [0.5, 0.6) is 0 Å². The highest BCUT2D eigenvalue weighted by Gasteiger charge is 1.89. The maximum atomic E-state index is 11.5. The lowest BCUT2D eigenvalue weighted by Crippen LogP contribution is -1.73. The Labute approximate surface area is 57.0 Å². The summed E-state index contributed by atoms with van der Waals surface area (Å²) in [4.78, 5) is 3.60. The molecule has 1 nitrogen and oxygen atoms in total. The van der Waals surface area contributed by atoms with Crippen LogP contribution in [0.25, 0.3) is 6.08 Å². The van der Waals surface area contributed by atoms with Crippen molar-refractivity contribution < 1.29 is 8.78 Å². The predicted octanol–water partition coefficient (Wildman–Crippen LogP) is 2.12. The summed E-state index contributed by atoms with van der Waals surface area (Å²) in [6.07, 6.45) is 1.77. The molecule has 0 unspecified atom stereocenters. The molecule has 0 saturated heterocycles. The number of aromatic nitrogens is 1. The molecule has 1 aromatic heterocycles. The zero-order chi connectivity index (χ0) is 7.40. The van der Waals surface area contributed by atoms with E-state index < -0.39 is 6.08 Å². The second-order valence-corrected chi connectivity index (χ2v) is 1.65. The first-order chi connectivity index (χ1) is 4.79. The zero-order valence-electron chi connectivity index (χ0n) is 5.01. The summed E-state index contributed by atoms with van der Waals surface area (Å²) in [7, 11) is 0. The van der Waals surface area contributed by atoms with E-state index in [2.05, 4.69) is 11.1 Å². The molecule has 0 bridgehead atoms. The molecule has 1 rings (SSSR count). The Balaban J connectivity index is 2.87. The van der Waals surface area contributed by atoms with Gasteiger partial charge in [-0.05, 0) is 11.6 Å². The van der Waals surface area contributed by atoms with E-state index in [1.165, 1.54) is 18.5 Å². The van der Waals surface area contributed by atoms with E-state index >= 15 is 0 Å². The van der Waals surface area contributed by atoms with Gasteiger partial charge in [-0.15, -0.1) is 0 Å². The topological polar surface area (TPSA) is 12.9 Å². The minimum Gasteiger partial charge on any atom is -0.263 e. The van der Waals surface area contributed by atoms with Gasteiger partial charge in [0.05, 0.1) is 0 Å². The first-order valence-corrected chi connectivity index (χ1v) is 2.63. The van der Waals surface area contributed by atoms with Gasteiger partial charge in [0, 0.05) is 24.5 Å². The van der Waals surface area contributed by atoms with Crippen molar-refractivity contribution in [3.63, 3.8) is 0 Å². The molecule has 0 aliphatic rings. The Hall–Kier alpha value is -1.25. The SMILES string of the molecule is FC(F)=Cc1c[c]cnc1. The fraction of sp³-hybridized carbons (Fsp3) is 0. The molecule has 0 saturated carbocycles. The van der Waals surface area contributed by atoms with Crippen molar-refractivity contribution in [2.45, 2.75) is 0 Å². The first-order valence-electron chi connectivity index (χ1n) is 2.63. The third kappa shape index (κ3) is 1.93. The molecule has 51 valence electrons. The minimum atomic E-state index is -1.72. The summed E-state index contributed by atoms with van der Waals surface area (Å²) >= 11 is 0. The van der Waals surface area contributed by atoms with Crippen molar-refractivity contribution in [1.82, 2.24) is 4.98 Å². The van der Waals surface area contributed by atoms with Gasteiger partial charge < -0.3 is 0 Å². The van der Waals surface area contributed by atoms with Crippen LogP contribution < -0.4 is 0 Å². The highest BCUT2D eigenvalue weighted by Crippen LogP contribution is 2.05. The molecule has 10 heavy (non-hydrogen) atoms. The Morgan fingerprint density at radius 1 is 1.60 bits per heavy atom. The second kappa shape index (κ2) is 3.06. The molecular formula is C7H4F2N. The lowest BCUT2D eigenvalue weighted by molar-refractivity contribution is 0.429. The third-order valence-electron chi connectivity index (χ3n) is 0.898. The van der Waals surface area contributed by atoms with Gasteiger partial charge in [0.25, 0.3) is 6.08 Å². The van der Waals surface area contributed by atoms with Crippen LogP contribution in [0.15, 0.2) is 24.5 Å². The maximum Gasteiger partial charge on any atom is 0.270 e. The lowest BCUT2D eigenvalue weighted by atomic mass is 10.3. The van der Waals surface area contributed by atoms with E-state index in [0.29, 0.717) is 5.56 Å². The van der Waals surface area contributed by atoms with E-state index in [9.17, 15) is 8.78 Å². The van der Waals surface area contributed by atoms with Crippen molar-refractivity contribution in [3.8, 4) is 0 Å². The van der Waals surface area contributed by atoms with Gasteiger partial charge in [-0.25, -0.2) is 0 Å². The van der Waals surface area contributed by atoms with Crippen LogP contribution in [-0.2, 0) is 0 Å². The summed E-state index contributed by atoms with van der Waals surface area (Å²) in [6.45, 7) is 0. The quantitative estimate of drug-likeness (QED) is 0.582. The van der Waals surface area contributed by atoms with Crippen molar-refractivity contribution >= 4 is 6.08 Å². The molecule has 1 heterocycles. The van der Waals surface area contributed by atoms with E-state index in [4.69, 9.17) is 0 Å². The number of pyridine rings is 1. The van der Waals surface area contributed by atoms with E-state index in [-0.39, 0.29) is 0 Å². The fourth-order valence-corrected chi connectivity index (χ4v) is 0.542. The van der Waals surface area contributed by atoms with Crippen LogP contribution in [0.4, 0.5) is 8.78 Å². The summed E-state index contributed by atoms with van der Waals surface area (Å²) in [5.74, 6) is 0. The molecule has 0 aliphatic carbocycles. The average molecular weight is 140 g/mol. The molecule has 0 spiro atoms. The van der Waals surface area contributed by atoms with Crippen LogP contribution in [0.3, 0.4) is 0 Å². The molecule has 0 amide bonds. The molecule has 0 fully saturated rings. The zero-order valence-corrected chi connectivity index (χ0v) is 5.01. The van der Waals surface area contributed by atoms with Gasteiger partial charge in [0.1, 0.15) is 0 Å². The Morgan fingerprint density at radius 3 is 2.90 bits per heavy atom. The number of hydrogen-bond donors (Lipinski definition) is 0. The van der Waals surface area contributed by atoms with Gasteiger partial charge >= 0.3 is 0 Å². The maximum absolute atomic E-state index is 11.5. The number of nitrogens with zero attached hydrogens (tertiary/aromatic N) is 1. The second-order valence-electron chi connectivity index (χ2n) is 1.65. The average Bonchev–Trinajstić information content (AvgIpc) is 1.88. The van der Waals surface area contributed by atoms with Crippen molar-refractivity contribution in [1.29, 1.82) is 0 Å². The lowest BCUT2D eigenvalue weighted by Gasteiger charge is -1.86. The Kier molecular flexibility index (Phi) is 2.10. The van der Waals surface area contributed by atoms with E-state index in [1.54, 1.807) is 0 Å². The number of hydrogen-bond acceptors (Lipinski definition) is 1. The van der Waals surface area contributed by atoms with Crippen LogP contribution in [0.2, 0.25) is 0 Å². The Morgan fingerprint density at radius 2 is 2.40 bits per heavy atom. The van der Waals surface area contributed by atoms with Crippen LogP contribution in [-0.4, -0.2) is 4.98 Å². The predicted molar refractivity (Wildman–Crippen MR) is 33.3 cm³/mol. The minimum absolute atomic E-state index is 0.363. The van der Waals surface area contributed by atoms with E-state index in [0.717, 1.165) is 6.08 Å². The molecule has 0 N–H and O–H groups in total. The van der Waals surface area contributed by atoms with Crippen molar-refractivity contribution in [2.24, 2.45) is 0 Å². The van der Waals surface area contributed by atoms with Gasteiger partial charge in [0.15, 0.2) is 0 Å². The smallest absolute Gasteiger partial charge is 0.263 e. The molecule has 1 aromatic rings.